The lowest BCUT2D eigenvalue weighted by molar-refractivity contribution is -0.120. The SMILES string of the molecule is CCCCCCCCCCCCCCCCCCCCCCCCCCCNC(=O)Cc1ccc(O)cc1. The Labute approximate surface area is 237 Å². The molecule has 0 saturated carbocycles. The number of rotatable bonds is 28. The van der Waals surface area contributed by atoms with Crippen molar-refractivity contribution in [2.45, 2.75) is 174 Å². The lowest BCUT2D eigenvalue weighted by Gasteiger charge is -2.06. The van der Waals surface area contributed by atoms with Crippen molar-refractivity contribution >= 4 is 5.91 Å². The van der Waals surface area contributed by atoms with Crippen LogP contribution in [-0.2, 0) is 11.2 Å². The third-order valence-electron chi connectivity index (χ3n) is 7.90. The summed E-state index contributed by atoms with van der Waals surface area (Å²) < 4.78 is 0. The number of benzene rings is 1. The first-order chi connectivity index (χ1) is 18.7. The van der Waals surface area contributed by atoms with Gasteiger partial charge in [-0.1, -0.05) is 173 Å². The molecule has 2 N–H and O–H groups in total. The van der Waals surface area contributed by atoms with Crippen LogP contribution in [-0.4, -0.2) is 17.6 Å². The molecule has 220 valence electrons. The molecule has 1 rings (SSSR count). The molecule has 38 heavy (non-hydrogen) atoms. The van der Waals surface area contributed by atoms with Crippen LogP contribution in [0.2, 0.25) is 0 Å². The molecule has 0 saturated heterocycles. The number of aromatic hydroxyl groups is 1. The van der Waals surface area contributed by atoms with E-state index in [4.69, 9.17) is 0 Å². The lowest BCUT2D eigenvalue weighted by Crippen LogP contribution is -2.26. The number of hydrogen-bond acceptors (Lipinski definition) is 2. The number of phenolic OH excluding ortho intramolecular Hbond substituents is 1. The third kappa shape index (κ3) is 23.6. The van der Waals surface area contributed by atoms with Gasteiger partial charge in [-0.3, -0.25) is 4.79 Å². The Balaban J connectivity index is 1.69. The summed E-state index contributed by atoms with van der Waals surface area (Å²) in [6.07, 6.45) is 35.5. The maximum Gasteiger partial charge on any atom is 0.224 e. The maximum absolute atomic E-state index is 12.0. The zero-order valence-electron chi connectivity index (χ0n) is 25.3. The molecule has 0 heterocycles. The van der Waals surface area contributed by atoms with Crippen molar-refractivity contribution in [3.63, 3.8) is 0 Å². The molecule has 0 aromatic heterocycles. The van der Waals surface area contributed by atoms with Gasteiger partial charge in [-0.2, -0.15) is 0 Å². The second kappa shape index (κ2) is 27.1. The van der Waals surface area contributed by atoms with Gasteiger partial charge in [0, 0.05) is 6.54 Å². The Bertz CT molecular complexity index is 627. The Morgan fingerprint density at radius 3 is 1.18 bits per heavy atom. The number of amides is 1. The minimum atomic E-state index is 0.0695. The topological polar surface area (TPSA) is 49.3 Å². The molecule has 1 amide bonds. The number of hydrogen-bond donors (Lipinski definition) is 2. The summed E-state index contributed by atoms with van der Waals surface area (Å²) in [7, 11) is 0. The van der Waals surface area contributed by atoms with E-state index in [1.165, 1.54) is 154 Å². The van der Waals surface area contributed by atoms with Gasteiger partial charge in [0.15, 0.2) is 0 Å². The van der Waals surface area contributed by atoms with E-state index in [-0.39, 0.29) is 11.7 Å². The van der Waals surface area contributed by atoms with Crippen molar-refractivity contribution in [2.24, 2.45) is 0 Å². The largest absolute Gasteiger partial charge is 0.508 e. The maximum atomic E-state index is 12.0. The molecule has 1 aromatic carbocycles. The number of carbonyl (C=O) groups is 1. The van der Waals surface area contributed by atoms with Crippen LogP contribution in [0.5, 0.6) is 5.75 Å². The van der Waals surface area contributed by atoms with Crippen LogP contribution in [0.1, 0.15) is 173 Å². The summed E-state index contributed by atoms with van der Waals surface area (Å²) in [5.41, 5.74) is 0.940. The van der Waals surface area contributed by atoms with Gasteiger partial charge < -0.3 is 10.4 Å². The van der Waals surface area contributed by atoms with E-state index in [2.05, 4.69) is 12.2 Å². The summed E-state index contributed by atoms with van der Waals surface area (Å²) in [5.74, 6) is 0.310. The van der Waals surface area contributed by atoms with Gasteiger partial charge in [0.05, 0.1) is 6.42 Å². The second-order valence-corrected chi connectivity index (χ2v) is 11.7. The summed E-state index contributed by atoms with van der Waals surface area (Å²) in [6.45, 7) is 3.07. The summed E-state index contributed by atoms with van der Waals surface area (Å²) in [6, 6.07) is 6.86. The highest BCUT2D eigenvalue weighted by molar-refractivity contribution is 5.78. The predicted octanol–water partition coefficient (Wildman–Crippen LogP) is 10.8. The van der Waals surface area contributed by atoms with Gasteiger partial charge in [0.2, 0.25) is 5.91 Å². The first-order valence-corrected chi connectivity index (χ1v) is 16.8. The highest BCUT2D eigenvalue weighted by atomic mass is 16.3. The van der Waals surface area contributed by atoms with Crippen LogP contribution < -0.4 is 5.32 Å². The molecule has 0 bridgehead atoms. The number of phenols is 1. The molecule has 0 radical (unpaired) electrons. The molecule has 0 fully saturated rings. The molecule has 0 atom stereocenters. The Hall–Kier alpha value is -1.51. The van der Waals surface area contributed by atoms with Crippen molar-refractivity contribution < 1.29 is 9.90 Å². The molecular weight excluding hydrogens is 466 g/mol. The van der Waals surface area contributed by atoms with E-state index in [1.54, 1.807) is 24.3 Å². The highest BCUT2D eigenvalue weighted by Gasteiger charge is 2.03. The average molecular weight is 530 g/mol. The summed E-state index contributed by atoms with van der Waals surface area (Å²) in [5, 5.41) is 12.3. The lowest BCUT2D eigenvalue weighted by atomic mass is 10.0. The first kappa shape index (κ1) is 34.5. The fourth-order valence-corrected chi connectivity index (χ4v) is 5.35. The quantitative estimate of drug-likeness (QED) is 0.106. The smallest absolute Gasteiger partial charge is 0.224 e. The fraction of sp³-hybridized carbons (Fsp3) is 0.800. The number of nitrogens with one attached hydrogen (secondary N) is 1. The minimum Gasteiger partial charge on any atom is -0.508 e. The van der Waals surface area contributed by atoms with Crippen LogP contribution in [0.4, 0.5) is 0 Å². The number of unbranched alkanes of at least 4 members (excludes halogenated alkanes) is 24. The van der Waals surface area contributed by atoms with Crippen molar-refractivity contribution in [1.82, 2.24) is 5.32 Å². The van der Waals surface area contributed by atoms with E-state index in [9.17, 15) is 9.90 Å². The highest BCUT2D eigenvalue weighted by Crippen LogP contribution is 2.16. The average Bonchev–Trinajstić information content (AvgIpc) is 2.92. The molecule has 0 aliphatic heterocycles. The monoisotopic (exact) mass is 529 g/mol. The molecule has 3 nitrogen and oxygen atoms in total. The third-order valence-corrected chi connectivity index (χ3v) is 7.90. The first-order valence-electron chi connectivity index (χ1n) is 16.8. The Morgan fingerprint density at radius 1 is 0.526 bits per heavy atom. The molecule has 1 aromatic rings. The molecular formula is C35H63NO2. The summed E-state index contributed by atoms with van der Waals surface area (Å²) in [4.78, 5) is 12.0. The van der Waals surface area contributed by atoms with Gasteiger partial charge in [0.25, 0.3) is 0 Å². The van der Waals surface area contributed by atoms with Gasteiger partial charge >= 0.3 is 0 Å². The summed E-state index contributed by atoms with van der Waals surface area (Å²) >= 11 is 0. The molecule has 3 heteroatoms. The zero-order valence-corrected chi connectivity index (χ0v) is 25.3. The van der Waals surface area contributed by atoms with E-state index in [1.807, 2.05) is 0 Å². The van der Waals surface area contributed by atoms with E-state index in [0.717, 1.165) is 18.5 Å². The fourth-order valence-electron chi connectivity index (χ4n) is 5.35. The van der Waals surface area contributed by atoms with Crippen LogP contribution in [0.15, 0.2) is 24.3 Å². The van der Waals surface area contributed by atoms with Gasteiger partial charge in [0.1, 0.15) is 5.75 Å². The molecule has 0 unspecified atom stereocenters. The van der Waals surface area contributed by atoms with Crippen molar-refractivity contribution in [2.75, 3.05) is 6.54 Å². The van der Waals surface area contributed by atoms with Crippen LogP contribution in [0.3, 0.4) is 0 Å². The van der Waals surface area contributed by atoms with Crippen molar-refractivity contribution in [3.05, 3.63) is 29.8 Å². The normalized spacial score (nSPS) is 11.2. The van der Waals surface area contributed by atoms with E-state index < -0.39 is 0 Å². The van der Waals surface area contributed by atoms with Crippen molar-refractivity contribution in [3.8, 4) is 5.75 Å². The zero-order chi connectivity index (χ0) is 27.4. The molecule has 0 aliphatic carbocycles. The Morgan fingerprint density at radius 2 is 0.842 bits per heavy atom. The van der Waals surface area contributed by atoms with Crippen LogP contribution >= 0.6 is 0 Å². The second-order valence-electron chi connectivity index (χ2n) is 11.7. The van der Waals surface area contributed by atoms with E-state index in [0.29, 0.717) is 6.42 Å². The molecule has 0 aliphatic rings. The Kier molecular flexibility index (Phi) is 24.6. The van der Waals surface area contributed by atoms with Crippen LogP contribution in [0, 0.1) is 0 Å². The van der Waals surface area contributed by atoms with E-state index >= 15 is 0 Å². The van der Waals surface area contributed by atoms with Crippen molar-refractivity contribution in [1.29, 1.82) is 0 Å². The van der Waals surface area contributed by atoms with Gasteiger partial charge in [-0.15, -0.1) is 0 Å². The van der Waals surface area contributed by atoms with Gasteiger partial charge in [-0.05, 0) is 24.1 Å². The molecule has 0 spiro atoms. The van der Waals surface area contributed by atoms with Gasteiger partial charge in [-0.25, -0.2) is 0 Å². The van der Waals surface area contributed by atoms with Crippen LogP contribution in [0.25, 0.3) is 0 Å². The number of carbonyl (C=O) groups excluding carboxylic acids is 1. The minimum absolute atomic E-state index is 0.0695. The predicted molar refractivity (Wildman–Crippen MR) is 166 cm³/mol. The standard InChI is InChI=1S/C35H63NO2/c1-2-3-4-5-6-7-8-9-10-11-12-13-14-15-16-17-18-19-20-21-22-23-24-25-26-31-36-35(38)32-33-27-29-34(37)30-28-33/h27-30,37H,2-26,31-32H2,1H3,(H,36,38).